The summed E-state index contributed by atoms with van der Waals surface area (Å²) in [6.45, 7) is 5.31. The van der Waals surface area contributed by atoms with Crippen LogP contribution >= 0.6 is 11.3 Å². The highest BCUT2D eigenvalue weighted by Gasteiger charge is 2.35. The van der Waals surface area contributed by atoms with Crippen LogP contribution in [0.4, 0.5) is 4.79 Å². The van der Waals surface area contributed by atoms with Gasteiger partial charge in [-0.15, -0.1) is 0 Å². The Bertz CT molecular complexity index is 1200. The lowest BCUT2D eigenvalue weighted by atomic mass is 9.85. The first-order chi connectivity index (χ1) is 18.5. The van der Waals surface area contributed by atoms with E-state index in [9.17, 15) is 24.6 Å². The lowest BCUT2D eigenvalue weighted by Gasteiger charge is -2.33. The predicted octanol–water partition coefficient (Wildman–Crippen LogP) is 4.25. The summed E-state index contributed by atoms with van der Waals surface area (Å²) in [6, 6.07) is 18.7. The van der Waals surface area contributed by atoms with Crippen molar-refractivity contribution in [2.75, 3.05) is 0 Å². The number of thiophene rings is 1. The second kappa shape index (κ2) is 13.9. The number of aliphatic hydroxyl groups is 1. The Kier molecular flexibility index (Phi) is 10.7. The predicted molar refractivity (Wildman–Crippen MR) is 153 cm³/mol. The number of benzene rings is 2. The van der Waals surface area contributed by atoms with Crippen LogP contribution in [0.25, 0.3) is 0 Å². The van der Waals surface area contributed by atoms with E-state index in [0.717, 1.165) is 11.1 Å². The van der Waals surface area contributed by atoms with Crippen molar-refractivity contribution in [2.45, 2.75) is 64.3 Å². The van der Waals surface area contributed by atoms with Gasteiger partial charge in [-0.3, -0.25) is 9.59 Å². The second-order valence-electron chi connectivity index (χ2n) is 10.7. The summed E-state index contributed by atoms with van der Waals surface area (Å²) in [4.78, 5) is 37.6. The number of nitrogens with one attached hydrogen (secondary N) is 3. The summed E-state index contributed by atoms with van der Waals surface area (Å²) in [7, 11) is 0. The van der Waals surface area contributed by atoms with E-state index in [-0.39, 0.29) is 12.3 Å². The van der Waals surface area contributed by atoms with Crippen LogP contribution in [0.2, 0.25) is 0 Å². The molecule has 0 unspecified atom stereocenters. The number of hydrogen-bond acceptors (Lipinski definition) is 5. The molecule has 1 aromatic heterocycles. The van der Waals surface area contributed by atoms with Gasteiger partial charge in [0.25, 0.3) is 5.91 Å². The molecule has 0 aliphatic carbocycles. The maximum Gasteiger partial charge on any atom is 0.405 e. The van der Waals surface area contributed by atoms with Crippen LogP contribution in [0, 0.1) is 5.41 Å². The monoisotopic (exact) mass is 551 g/mol. The van der Waals surface area contributed by atoms with Crippen molar-refractivity contribution in [1.29, 1.82) is 0 Å². The third-order valence-electron chi connectivity index (χ3n) is 6.46. The molecule has 0 aliphatic heterocycles. The zero-order chi connectivity index (χ0) is 28.4. The SMILES string of the molecule is CC(C)(C)[C@H](NC(=O)O)C(=O)N[C@@H](Cc1ccccc1)[C@@H](O)C[C@H](Cc1ccccc1)NC(=O)c1ccsc1. The molecule has 0 bridgehead atoms. The van der Waals surface area contributed by atoms with Gasteiger partial charge in [0.2, 0.25) is 5.91 Å². The van der Waals surface area contributed by atoms with Crippen molar-refractivity contribution in [3.05, 3.63) is 94.2 Å². The number of aliphatic hydroxyl groups excluding tert-OH is 1. The summed E-state index contributed by atoms with van der Waals surface area (Å²) in [6.07, 6.45) is -1.34. The number of amides is 3. The van der Waals surface area contributed by atoms with Gasteiger partial charge < -0.3 is 26.2 Å². The molecule has 2 aromatic carbocycles. The van der Waals surface area contributed by atoms with Crippen molar-refractivity contribution < 1.29 is 24.6 Å². The van der Waals surface area contributed by atoms with Gasteiger partial charge in [0.1, 0.15) is 6.04 Å². The number of carbonyl (C=O) groups is 3. The fourth-order valence-electron chi connectivity index (χ4n) is 4.43. The lowest BCUT2D eigenvalue weighted by Crippen LogP contribution is -2.58. The Labute approximate surface area is 233 Å². The normalized spacial score (nSPS) is 14.5. The van der Waals surface area contributed by atoms with Crippen LogP contribution in [0.1, 0.15) is 48.7 Å². The molecule has 1 heterocycles. The van der Waals surface area contributed by atoms with Crippen molar-refractivity contribution in [1.82, 2.24) is 16.0 Å². The van der Waals surface area contributed by atoms with E-state index in [4.69, 9.17) is 0 Å². The first kappa shape index (κ1) is 29.9. The summed E-state index contributed by atoms with van der Waals surface area (Å²) in [5.41, 5.74) is 1.76. The maximum atomic E-state index is 13.3. The van der Waals surface area contributed by atoms with E-state index in [1.807, 2.05) is 66.0 Å². The van der Waals surface area contributed by atoms with Crippen LogP contribution in [-0.4, -0.2) is 52.4 Å². The summed E-state index contributed by atoms with van der Waals surface area (Å²) in [5.74, 6) is -0.752. The molecule has 0 radical (unpaired) electrons. The topological polar surface area (TPSA) is 128 Å². The molecule has 0 saturated carbocycles. The molecule has 39 heavy (non-hydrogen) atoms. The van der Waals surface area contributed by atoms with Crippen molar-refractivity contribution in [2.24, 2.45) is 5.41 Å². The van der Waals surface area contributed by atoms with E-state index >= 15 is 0 Å². The Morgan fingerprint density at radius 3 is 1.95 bits per heavy atom. The van der Waals surface area contributed by atoms with Crippen LogP contribution in [0.15, 0.2) is 77.5 Å². The smallest absolute Gasteiger partial charge is 0.405 e. The molecule has 0 spiro atoms. The summed E-state index contributed by atoms with van der Waals surface area (Å²) >= 11 is 1.43. The summed E-state index contributed by atoms with van der Waals surface area (Å²) < 4.78 is 0. The highest BCUT2D eigenvalue weighted by Crippen LogP contribution is 2.21. The molecule has 4 atom stereocenters. The van der Waals surface area contributed by atoms with Gasteiger partial charge in [-0.05, 0) is 47.3 Å². The van der Waals surface area contributed by atoms with Gasteiger partial charge in [-0.1, -0.05) is 81.4 Å². The highest BCUT2D eigenvalue weighted by atomic mass is 32.1. The number of carboxylic acid groups (broad SMARTS) is 1. The molecular weight excluding hydrogens is 514 g/mol. The molecule has 0 saturated heterocycles. The Balaban J connectivity index is 1.84. The average molecular weight is 552 g/mol. The molecule has 0 fully saturated rings. The van der Waals surface area contributed by atoms with Crippen molar-refractivity contribution >= 4 is 29.2 Å². The summed E-state index contributed by atoms with van der Waals surface area (Å²) in [5, 5.41) is 32.7. The van der Waals surface area contributed by atoms with Gasteiger partial charge in [-0.25, -0.2) is 4.79 Å². The molecule has 8 nitrogen and oxygen atoms in total. The quantitative estimate of drug-likeness (QED) is 0.230. The van der Waals surface area contributed by atoms with Crippen molar-refractivity contribution in [3.63, 3.8) is 0 Å². The van der Waals surface area contributed by atoms with Gasteiger partial charge in [0.15, 0.2) is 0 Å². The largest absolute Gasteiger partial charge is 0.465 e. The van der Waals surface area contributed by atoms with E-state index in [0.29, 0.717) is 18.4 Å². The van der Waals surface area contributed by atoms with E-state index in [1.54, 1.807) is 32.2 Å². The highest BCUT2D eigenvalue weighted by molar-refractivity contribution is 7.08. The molecule has 0 aliphatic rings. The molecule has 208 valence electrons. The Morgan fingerprint density at radius 1 is 0.846 bits per heavy atom. The Morgan fingerprint density at radius 2 is 1.44 bits per heavy atom. The zero-order valence-corrected chi connectivity index (χ0v) is 23.3. The third-order valence-corrected chi connectivity index (χ3v) is 7.14. The molecule has 3 aromatic rings. The van der Waals surface area contributed by atoms with Crippen molar-refractivity contribution in [3.8, 4) is 0 Å². The van der Waals surface area contributed by atoms with Crippen LogP contribution in [-0.2, 0) is 17.6 Å². The minimum atomic E-state index is -1.30. The third kappa shape index (κ3) is 9.53. The molecule has 5 N–H and O–H groups in total. The fourth-order valence-corrected chi connectivity index (χ4v) is 5.06. The van der Waals surface area contributed by atoms with E-state index < -0.39 is 41.6 Å². The second-order valence-corrected chi connectivity index (χ2v) is 11.5. The molecule has 3 rings (SSSR count). The molecule has 9 heteroatoms. The van der Waals surface area contributed by atoms with Gasteiger partial charge in [-0.2, -0.15) is 11.3 Å². The molecular formula is C30H37N3O5S. The van der Waals surface area contributed by atoms with Gasteiger partial charge >= 0.3 is 6.09 Å². The Hall–Kier alpha value is -3.69. The average Bonchev–Trinajstić information content (AvgIpc) is 3.42. The van der Waals surface area contributed by atoms with Crippen LogP contribution in [0.5, 0.6) is 0 Å². The maximum absolute atomic E-state index is 13.3. The van der Waals surface area contributed by atoms with E-state index in [2.05, 4.69) is 16.0 Å². The standard InChI is InChI=1S/C30H37N3O5S/c1-30(2,3)26(33-29(37)38)28(36)32-24(17-21-12-8-5-9-13-21)25(34)18-23(16-20-10-6-4-7-11-20)31-27(35)22-14-15-39-19-22/h4-15,19,23-26,33-34H,16-18H2,1-3H3,(H,31,35)(H,32,36)(H,37,38)/t23-,24-,25-,26+/m0/s1. The minimum absolute atomic E-state index is 0.176. The zero-order valence-electron chi connectivity index (χ0n) is 22.5. The van der Waals surface area contributed by atoms with Crippen LogP contribution < -0.4 is 16.0 Å². The number of rotatable bonds is 12. The first-order valence-electron chi connectivity index (χ1n) is 12.9. The van der Waals surface area contributed by atoms with Gasteiger partial charge in [0, 0.05) is 17.0 Å². The number of carbonyl (C=O) groups excluding carboxylic acids is 2. The number of hydrogen-bond donors (Lipinski definition) is 5. The minimum Gasteiger partial charge on any atom is -0.465 e. The lowest BCUT2D eigenvalue weighted by molar-refractivity contribution is -0.127. The molecule has 3 amide bonds. The van der Waals surface area contributed by atoms with Crippen LogP contribution in [0.3, 0.4) is 0 Å². The fraction of sp³-hybridized carbons (Fsp3) is 0.367. The van der Waals surface area contributed by atoms with E-state index in [1.165, 1.54) is 11.3 Å². The first-order valence-corrected chi connectivity index (χ1v) is 13.9. The van der Waals surface area contributed by atoms with Gasteiger partial charge in [0.05, 0.1) is 12.1 Å².